The number of aryl methyl sites for hydroxylation is 1. The Morgan fingerprint density at radius 1 is 1.30 bits per heavy atom. The Bertz CT molecular complexity index is 660. The summed E-state index contributed by atoms with van der Waals surface area (Å²) < 4.78 is 33.6. The van der Waals surface area contributed by atoms with Gasteiger partial charge in [0.25, 0.3) is 10.0 Å². The van der Waals surface area contributed by atoms with Gasteiger partial charge < -0.3 is 9.73 Å². The van der Waals surface area contributed by atoms with Crippen LogP contribution in [0.25, 0.3) is 0 Å². The summed E-state index contributed by atoms with van der Waals surface area (Å²) in [5, 5.41) is 6.97. The molecule has 0 aliphatic rings. The molecule has 2 heterocycles. The third kappa shape index (κ3) is 3.47. The van der Waals surface area contributed by atoms with Crippen LogP contribution in [0.5, 0.6) is 0 Å². The van der Waals surface area contributed by atoms with Crippen molar-refractivity contribution >= 4 is 10.0 Å². The maximum absolute atomic E-state index is 12.1. The summed E-state index contributed by atoms with van der Waals surface area (Å²) in [6.07, 6.45) is 1.62. The van der Waals surface area contributed by atoms with E-state index in [4.69, 9.17) is 4.42 Å². The first-order valence-corrected chi connectivity index (χ1v) is 7.77. The molecule has 8 heteroatoms. The summed E-state index contributed by atoms with van der Waals surface area (Å²) in [5.41, 5.74) is 0.771. The third-order valence-corrected chi connectivity index (χ3v) is 4.09. The van der Waals surface area contributed by atoms with Crippen LogP contribution in [0.15, 0.2) is 33.9 Å². The van der Waals surface area contributed by atoms with Gasteiger partial charge in [0.2, 0.25) is 5.09 Å². The van der Waals surface area contributed by atoms with Crippen LogP contribution in [0.1, 0.15) is 18.4 Å². The topological polar surface area (TPSA) is 89.2 Å². The van der Waals surface area contributed by atoms with Crippen LogP contribution in [-0.4, -0.2) is 24.7 Å². The van der Waals surface area contributed by atoms with Gasteiger partial charge in [-0.2, -0.15) is 5.10 Å². The molecule has 0 aliphatic carbocycles. The molecule has 0 fully saturated rings. The van der Waals surface area contributed by atoms with Gasteiger partial charge >= 0.3 is 0 Å². The molecule has 0 aliphatic heterocycles. The highest BCUT2D eigenvalue weighted by Gasteiger charge is 2.18. The van der Waals surface area contributed by atoms with Crippen LogP contribution in [0.3, 0.4) is 0 Å². The van der Waals surface area contributed by atoms with E-state index in [-0.39, 0.29) is 11.6 Å². The fourth-order valence-corrected chi connectivity index (χ4v) is 2.60. The number of nitrogens with one attached hydrogen (secondary N) is 2. The highest BCUT2D eigenvalue weighted by Crippen LogP contribution is 2.14. The Morgan fingerprint density at radius 3 is 2.75 bits per heavy atom. The molecule has 110 valence electrons. The van der Waals surface area contributed by atoms with E-state index in [9.17, 15) is 8.42 Å². The predicted octanol–water partition coefficient (Wildman–Crippen LogP) is 0.601. The van der Waals surface area contributed by atoms with Gasteiger partial charge in [0.1, 0.15) is 5.76 Å². The average Bonchev–Trinajstić information content (AvgIpc) is 3.03. The van der Waals surface area contributed by atoms with Crippen molar-refractivity contribution in [3.05, 3.63) is 35.9 Å². The van der Waals surface area contributed by atoms with E-state index in [1.54, 1.807) is 30.1 Å². The first-order chi connectivity index (χ1) is 9.53. The first-order valence-electron chi connectivity index (χ1n) is 6.29. The summed E-state index contributed by atoms with van der Waals surface area (Å²) in [5.74, 6) is 0.591. The van der Waals surface area contributed by atoms with Crippen LogP contribution in [0.2, 0.25) is 0 Å². The summed E-state index contributed by atoms with van der Waals surface area (Å²) in [4.78, 5) is 0. The summed E-state index contributed by atoms with van der Waals surface area (Å²) in [6, 6.07) is 4.86. The van der Waals surface area contributed by atoms with Crippen molar-refractivity contribution in [3.63, 3.8) is 0 Å². The van der Waals surface area contributed by atoms with Crippen LogP contribution in [0.4, 0.5) is 0 Å². The van der Waals surface area contributed by atoms with E-state index in [0.29, 0.717) is 12.3 Å². The summed E-state index contributed by atoms with van der Waals surface area (Å²) in [6.45, 7) is 3.44. The van der Waals surface area contributed by atoms with E-state index in [2.05, 4.69) is 15.1 Å². The Balaban J connectivity index is 2.03. The molecule has 0 unspecified atom stereocenters. The molecule has 0 spiro atoms. The van der Waals surface area contributed by atoms with E-state index < -0.39 is 10.0 Å². The Morgan fingerprint density at radius 2 is 2.10 bits per heavy atom. The lowest BCUT2D eigenvalue weighted by molar-refractivity contribution is 0.401. The molecule has 0 amide bonds. The molecule has 0 radical (unpaired) electrons. The monoisotopic (exact) mass is 298 g/mol. The molecule has 2 aromatic rings. The van der Waals surface area contributed by atoms with Crippen LogP contribution < -0.4 is 10.0 Å². The van der Waals surface area contributed by atoms with Crippen LogP contribution >= 0.6 is 0 Å². The van der Waals surface area contributed by atoms with Crippen molar-refractivity contribution in [3.8, 4) is 0 Å². The number of sulfonamides is 1. The predicted molar refractivity (Wildman–Crippen MR) is 73.3 cm³/mol. The molecule has 0 atom stereocenters. The molecular weight excluding hydrogens is 280 g/mol. The normalized spacial score (nSPS) is 11.9. The van der Waals surface area contributed by atoms with Crippen molar-refractivity contribution < 1.29 is 12.8 Å². The minimum absolute atomic E-state index is 0.0763. The van der Waals surface area contributed by atoms with E-state index in [1.165, 1.54) is 6.07 Å². The highest BCUT2D eigenvalue weighted by molar-refractivity contribution is 7.89. The van der Waals surface area contributed by atoms with Crippen molar-refractivity contribution in [1.82, 2.24) is 19.8 Å². The maximum atomic E-state index is 12.1. The maximum Gasteiger partial charge on any atom is 0.274 e. The lowest BCUT2D eigenvalue weighted by Gasteiger charge is -2.04. The fourth-order valence-electron chi connectivity index (χ4n) is 1.66. The summed E-state index contributed by atoms with van der Waals surface area (Å²) >= 11 is 0. The standard InChI is InChI=1S/C12H18N4O3S/c1-3-13-9-11-4-5-12(19-11)20(17,18)15-8-10-6-7-14-16(10)2/h4-7,13,15H,3,8-9H2,1-2H3. The second kappa shape index (κ2) is 6.21. The number of nitrogens with zero attached hydrogens (tertiary/aromatic N) is 2. The third-order valence-electron chi connectivity index (χ3n) is 2.82. The van der Waals surface area contributed by atoms with Crippen LogP contribution in [0, 0.1) is 0 Å². The molecule has 2 aromatic heterocycles. The molecule has 2 N–H and O–H groups in total. The highest BCUT2D eigenvalue weighted by atomic mass is 32.2. The lowest BCUT2D eigenvalue weighted by atomic mass is 10.4. The Kier molecular flexibility index (Phi) is 4.58. The van der Waals surface area contributed by atoms with Gasteiger partial charge in [-0.15, -0.1) is 0 Å². The zero-order valence-electron chi connectivity index (χ0n) is 11.5. The quantitative estimate of drug-likeness (QED) is 0.781. The second-order valence-corrected chi connectivity index (χ2v) is 5.97. The second-order valence-electron chi connectivity index (χ2n) is 4.27. The number of hydrogen-bond acceptors (Lipinski definition) is 5. The number of hydrogen-bond donors (Lipinski definition) is 2. The van der Waals surface area contributed by atoms with Gasteiger partial charge in [-0.25, -0.2) is 13.1 Å². The molecular formula is C12H18N4O3S. The largest absolute Gasteiger partial charge is 0.447 e. The minimum Gasteiger partial charge on any atom is -0.447 e. The molecule has 2 rings (SSSR count). The first kappa shape index (κ1) is 14.8. The molecule has 0 saturated carbocycles. The van der Waals surface area contributed by atoms with Crippen LogP contribution in [-0.2, 0) is 30.2 Å². The van der Waals surface area contributed by atoms with E-state index in [1.807, 2.05) is 6.92 Å². The molecule has 0 aromatic carbocycles. The van der Waals surface area contributed by atoms with Gasteiger partial charge in [-0.3, -0.25) is 4.68 Å². The van der Waals surface area contributed by atoms with Gasteiger partial charge in [0.15, 0.2) is 0 Å². The number of aromatic nitrogens is 2. The van der Waals surface area contributed by atoms with Crippen molar-refractivity contribution in [2.24, 2.45) is 7.05 Å². The molecule has 0 saturated heterocycles. The SMILES string of the molecule is CCNCc1ccc(S(=O)(=O)NCc2ccnn2C)o1. The van der Waals surface area contributed by atoms with Gasteiger partial charge in [-0.1, -0.05) is 6.92 Å². The zero-order chi connectivity index (χ0) is 14.6. The molecule has 0 bridgehead atoms. The Labute approximate surface area is 118 Å². The zero-order valence-corrected chi connectivity index (χ0v) is 12.3. The Hall–Kier alpha value is -1.64. The number of furan rings is 1. The molecule has 20 heavy (non-hydrogen) atoms. The summed E-state index contributed by atoms with van der Waals surface area (Å²) in [7, 11) is -1.89. The lowest BCUT2D eigenvalue weighted by Crippen LogP contribution is -2.24. The van der Waals surface area contributed by atoms with Gasteiger partial charge in [0.05, 0.1) is 18.8 Å². The van der Waals surface area contributed by atoms with Crippen molar-refractivity contribution in [1.29, 1.82) is 0 Å². The smallest absolute Gasteiger partial charge is 0.274 e. The number of rotatable bonds is 7. The fraction of sp³-hybridized carbons (Fsp3) is 0.417. The van der Waals surface area contributed by atoms with Crippen molar-refractivity contribution in [2.45, 2.75) is 25.1 Å². The van der Waals surface area contributed by atoms with Crippen molar-refractivity contribution in [2.75, 3.05) is 6.54 Å². The van der Waals surface area contributed by atoms with E-state index >= 15 is 0 Å². The van der Waals surface area contributed by atoms with Gasteiger partial charge in [0, 0.05) is 13.2 Å². The molecule has 7 nitrogen and oxygen atoms in total. The van der Waals surface area contributed by atoms with Gasteiger partial charge in [-0.05, 0) is 24.7 Å². The van der Waals surface area contributed by atoms with E-state index in [0.717, 1.165) is 12.2 Å². The minimum atomic E-state index is -3.64. The average molecular weight is 298 g/mol.